The molecule has 1 aromatic heterocycles. The number of alkyl halides is 3. The van der Waals surface area contributed by atoms with E-state index < -0.39 is 23.4 Å². The molecule has 1 aromatic carbocycles. The molecular weight excluding hydrogens is 477 g/mol. The summed E-state index contributed by atoms with van der Waals surface area (Å²) in [6.07, 6.45) is -0.866. The molecule has 1 aliphatic rings. The van der Waals surface area contributed by atoms with Gasteiger partial charge in [-0.15, -0.1) is 10.2 Å². The van der Waals surface area contributed by atoms with E-state index in [0.29, 0.717) is 42.9 Å². The molecule has 0 saturated carbocycles. The molecule has 0 N–H and O–H groups in total. The molecule has 0 radical (unpaired) electrons. The quantitative estimate of drug-likeness (QED) is 0.569. The molecule has 36 heavy (non-hydrogen) atoms. The second-order valence-electron chi connectivity index (χ2n) is 9.76. The van der Waals surface area contributed by atoms with Crippen molar-refractivity contribution in [1.29, 1.82) is 0 Å². The predicted molar refractivity (Wildman–Crippen MR) is 126 cm³/mol. The summed E-state index contributed by atoms with van der Waals surface area (Å²) in [5, 5.41) is 11.6. The normalized spacial score (nSPS) is 15.4. The highest BCUT2D eigenvalue weighted by atomic mass is 19.4. The monoisotopic (exact) mass is 508 g/mol. The Labute approximate surface area is 207 Å². The molecule has 3 rings (SSSR count). The van der Waals surface area contributed by atoms with Crippen LogP contribution in [-0.2, 0) is 22.3 Å². The van der Waals surface area contributed by atoms with Crippen molar-refractivity contribution in [1.82, 2.24) is 30.0 Å². The summed E-state index contributed by atoms with van der Waals surface area (Å²) in [6, 6.07) is 3.29. The summed E-state index contributed by atoms with van der Waals surface area (Å²) in [5.41, 5.74) is -0.629. The molecule has 9 nitrogen and oxygen atoms in total. The number of hydrogen-bond donors (Lipinski definition) is 0. The van der Waals surface area contributed by atoms with Crippen molar-refractivity contribution < 1.29 is 27.5 Å². The molecule has 2 heterocycles. The average molecular weight is 509 g/mol. The Kier molecular flexibility index (Phi) is 8.05. The van der Waals surface area contributed by atoms with Gasteiger partial charge in [0.2, 0.25) is 5.91 Å². The molecule has 1 saturated heterocycles. The standard InChI is InChI=1S/C24H31F3N6O3/c1-16-28-30-33(29-16)15-18-14-19(24(25,26)27)8-6-17(18)7-9-21(34)32-12-10-20(11-13-32)31(5)22(35)36-23(2,3)4/h6-9,14,20H,10-13,15H2,1-5H3. The molecule has 0 spiro atoms. The lowest BCUT2D eigenvalue weighted by molar-refractivity contribution is -0.137. The van der Waals surface area contributed by atoms with E-state index in [-0.39, 0.29) is 18.5 Å². The van der Waals surface area contributed by atoms with Crippen LogP contribution in [0, 0.1) is 6.92 Å². The number of amides is 2. The number of hydrogen-bond acceptors (Lipinski definition) is 6. The van der Waals surface area contributed by atoms with Crippen LogP contribution in [0.25, 0.3) is 6.08 Å². The van der Waals surface area contributed by atoms with Crippen molar-refractivity contribution in [2.24, 2.45) is 0 Å². The number of carbonyl (C=O) groups is 2. The number of ether oxygens (including phenoxy) is 1. The lowest BCUT2D eigenvalue weighted by Crippen LogP contribution is -2.48. The minimum atomic E-state index is -4.50. The van der Waals surface area contributed by atoms with Gasteiger partial charge < -0.3 is 14.5 Å². The largest absolute Gasteiger partial charge is 0.444 e. The van der Waals surface area contributed by atoms with Crippen molar-refractivity contribution in [2.75, 3.05) is 20.1 Å². The van der Waals surface area contributed by atoms with Crippen LogP contribution in [0.1, 0.15) is 56.1 Å². The number of tetrazole rings is 1. The number of piperidine rings is 1. The first-order chi connectivity index (χ1) is 16.7. The number of halogens is 3. The molecule has 12 heteroatoms. The Hall–Kier alpha value is -3.44. The fraction of sp³-hybridized carbons (Fsp3) is 0.542. The molecular formula is C24H31F3N6O3. The smallest absolute Gasteiger partial charge is 0.416 e. The van der Waals surface area contributed by atoms with E-state index in [9.17, 15) is 22.8 Å². The summed E-state index contributed by atoms with van der Waals surface area (Å²) in [6.45, 7) is 7.91. The number of rotatable bonds is 5. The Morgan fingerprint density at radius 3 is 2.42 bits per heavy atom. The Balaban J connectivity index is 1.67. The van der Waals surface area contributed by atoms with Gasteiger partial charge in [-0.25, -0.2) is 4.79 Å². The third-order valence-electron chi connectivity index (χ3n) is 5.75. The number of likely N-dealkylation sites (tertiary alicyclic amines) is 1. The van der Waals surface area contributed by atoms with Crippen LogP contribution in [0.5, 0.6) is 0 Å². The minimum absolute atomic E-state index is 0.0268. The predicted octanol–water partition coefficient (Wildman–Crippen LogP) is 3.92. The van der Waals surface area contributed by atoms with Crippen LogP contribution in [0.3, 0.4) is 0 Å². The highest BCUT2D eigenvalue weighted by molar-refractivity contribution is 5.92. The van der Waals surface area contributed by atoms with Gasteiger partial charge in [0.25, 0.3) is 0 Å². The van der Waals surface area contributed by atoms with Crippen LogP contribution in [-0.4, -0.2) is 73.8 Å². The lowest BCUT2D eigenvalue weighted by Gasteiger charge is -2.37. The molecule has 1 fully saturated rings. The second kappa shape index (κ2) is 10.7. The van der Waals surface area contributed by atoms with Gasteiger partial charge in [0.1, 0.15) is 5.60 Å². The van der Waals surface area contributed by atoms with Gasteiger partial charge in [0.15, 0.2) is 5.82 Å². The number of carbonyl (C=O) groups excluding carboxylic acids is 2. The highest BCUT2D eigenvalue weighted by Crippen LogP contribution is 2.31. The van der Waals surface area contributed by atoms with E-state index in [2.05, 4.69) is 15.4 Å². The zero-order valence-electron chi connectivity index (χ0n) is 21.0. The average Bonchev–Trinajstić information content (AvgIpc) is 3.20. The van der Waals surface area contributed by atoms with Gasteiger partial charge in [0, 0.05) is 32.3 Å². The summed E-state index contributed by atoms with van der Waals surface area (Å²) >= 11 is 0. The van der Waals surface area contributed by atoms with Gasteiger partial charge in [-0.2, -0.15) is 18.0 Å². The fourth-order valence-electron chi connectivity index (χ4n) is 3.85. The Morgan fingerprint density at radius 1 is 1.19 bits per heavy atom. The number of benzene rings is 1. The first-order valence-electron chi connectivity index (χ1n) is 11.6. The molecule has 0 atom stereocenters. The number of aryl methyl sites for hydroxylation is 1. The van der Waals surface area contributed by atoms with Gasteiger partial charge in [-0.3, -0.25) is 4.79 Å². The SMILES string of the molecule is Cc1nnn(Cc2cc(C(F)(F)F)ccc2C=CC(=O)N2CCC(N(C)C(=O)OC(C)(C)C)CC2)n1. The maximum Gasteiger partial charge on any atom is 0.416 e. The zero-order valence-corrected chi connectivity index (χ0v) is 21.0. The molecule has 2 aromatic rings. The van der Waals surface area contributed by atoms with Crippen LogP contribution >= 0.6 is 0 Å². The van der Waals surface area contributed by atoms with Gasteiger partial charge >= 0.3 is 12.3 Å². The summed E-state index contributed by atoms with van der Waals surface area (Å²) in [5.74, 6) is 0.143. The minimum Gasteiger partial charge on any atom is -0.444 e. The lowest BCUT2D eigenvalue weighted by atomic mass is 10.0. The third kappa shape index (κ3) is 7.28. The van der Waals surface area contributed by atoms with Gasteiger partial charge in [-0.1, -0.05) is 6.07 Å². The molecule has 0 bridgehead atoms. The van der Waals surface area contributed by atoms with E-state index in [1.54, 1.807) is 44.5 Å². The summed E-state index contributed by atoms with van der Waals surface area (Å²) in [4.78, 5) is 29.5. The van der Waals surface area contributed by atoms with Crippen LogP contribution < -0.4 is 0 Å². The highest BCUT2D eigenvalue weighted by Gasteiger charge is 2.31. The topological polar surface area (TPSA) is 93.5 Å². The number of nitrogens with zero attached hydrogens (tertiary/aromatic N) is 6. The van der Waals surface area contributed by atoms with Crippen LogP contribution in [0.2, 0.25) is 0 Å². The maximum absolute atomic E-state index is 13.3. The fourth-order valence-corrected chi connectivity index (χ4v) is 3.85. The van der Waals surface area contributed by atoms with Crippen molar-refractivity contribution >= 4 is 18.1 Å². The van der Waals surface area contributed by atoms with Crippen molar-refractivity contribution in [3.05, 3.63) is 46.8 Å². The summed E-state index contributed by atoms with van der Waals surface area (Å²) in [7, 11) is 1.69. The van der Waals surface area contributed by atoms with Crippen LogP contribution in [0.15, 0.2) is 24.3 Å². The third-order valence-corrected chi connectivity index (χ3v) is 5.75. The molecule has 0 aliphatic carbocycles. The summed E-state index contributed by atoms with van der Waals surface area (Å²) < 4.78 is 45.2. The van der Waals surface area contributed by atoms with E-state index in [0.717, 1.165) is 12.1 Å². The molecule has 1 aliphatic heterocycles. The second-order valence-corrected chi connectivity index (χ2v) is 9.76. The van der Waals surface area contributed by atoms with Crippen molar-refractivity contribution in [2.45, 2.75) is 64.9 Å². The van der Waals surface area contributed by atoms with Gasteiger partial charge in [-0.05, 0) is 75.1 Å². The van der Waals surface area contributed by atoms with Crippen LogP contribution in [0.4, 0.5) is 18.0 Å². The first kappa shape index (κ1) is 27.2. The molecule has 0 unspecified atom stereocenters. The molecule has 2 amide bonds. The Bertz CT molecular complexity index is 1120. The van der Waals surface area contributed by atoms with E-state index in [4.69, 9.17) is 4.74 Å². The van der Waals surface area contributed by atoms with Crippen molar-refractivity contribution in [3.63, 3.8) is 0 Å². The van der Waals surface area contributed by atoms with Gasteiger partial charge in [0.05, 0.1) is 12.1 Å². The zero-order chi connectivity index (χ0) is 26.7. The Morgan fingerprint density at radius 2 is 1.86 bits per heavy atom. The van der Waals surface area contributed by atoms with E-state index in [1.807, 2.05) is 0 Å². The van der Waals surface area contributed by atoms with E-state index >= 15 is 0 Å². The first-order valence-corrected chi connectivity index (χ1v) is 11.6. The van der Waals surface area contributed by atoms with E-state index in [1.165, 1.54) is 23.0 Å². The molecule has 196 valence electrons. The maximum atomic E-state index is 13.3. The van der Waals surface area contributed by atoms with Crippen molar-refractivity contribution in [3.8, 4) is 0 Å². The number of aromatic nitrogens is 4.